The van der Waals surface area contributed by atoms with Gasteiger partial charge in [-0.15, -0.1) is 6.58 Å². The van der Waals surface area contributed by atoms with Crippen LogP contribution in [0.2, 0.25) is 0 Å². The van der Waals surface area contributed by atoms with Crippen molar-refractivity contribution in [2.75, 3.05) is 7.11 Å². The second kappa shape index (κ2) is 7.02. The Bertz CT molecular complexity index is 152. The van der Waals surface area contributed by atoms with Crippen LogP contribution in [0.1, 0.15) is 46.5 Å². The fourth-order valence-electron chi connectivity index (χ4n) is 1.23. The molecule has 0 N–H and O–H groups in total. The Morgan fingerprint density at radius 2 is 2.00 bits per heavy atom. The Labute approximate surface area is 88.3 Å². The zero-order chi connectivity index (χ0) is 11.0. The average Bonchev–Trinajstić information content (AvgIpc) is 2.16. The van der Waals surface area contributed by atoms with Gasteiger partial charge < -0.3 is 9.47 Å². The van der Waals surface area contributed by atoms with Gasteiger partial charge in [0, 0.05) is 7.11 Å². The van der Waals surface area contributed by atoms with Crippen molar-refractivity contribution >= 4 is 0 Å². The molecule has 0 saturated carbocycles. The zero-order valence-electron chi connectivity index (χ0n) is 10.0. The minimum absolute atomic E-state index is 0.108. The number of methoxy groups -OCH3 is 1. The molecule has 0 saturated heterocycles. The van der Waals surface area contributed by atoms with Gasteiger partial charge in [-0.3, -0.25) is 0 Å². The number of ether oxygens (including phenoxy) is 2. The summed E-state index contributed by atoms with van der Waals surface area (Å²) in [6.07, 6.45) is 6.67. The summed E-state index contributed by atoms with van der Waals surface area (Å²) in [5, 5.41) is 0. The summed E-state index contributed by atoms with van der Waals surface area (Å²) < 4.78 is 10.9. The number of rotatable bonds is 8. The van der Waals surface area contributed by atoms with Crippen LogP contribution in [0.15, 0.2) is 12.7 Å². The molecule has 2 heteroatoms. The van der Waals surface area contributed by atoms with Gasteiger partial charge in [0.25, 0.3) is 0 Å². The summed E-state index contributed by atoms with van der Waals surface area (Å²) in [6.45, 7) is 9.81. The highest BCUT2D eigenvalue weighted by atomic mass is 16.7. The molecule has 0 bridgehead atoms. The minimum Gasteiger partial charge on any atom is -0.354 e. The minimum atomic E-state index is -0.509. The van der Waals surface area contributed by atoms with Crippen LogP contribution in [0.25, 0.3) is 0 Å². The summed E-state index contributed by atoms with van der Waals surface area (Å²) in [6, 6.07) is 0. The molecule has 84 valence electrons. The van der Waals surface area contributed by atoms with E-state index < -0.39 is 5.79 Å². The fraction of sp³-hybridized carbons (Fsp3) is 0.833. The predicted octanol–water partition coefficient (Wildman–Crippen LogP) is 3.52. The van der Waals surface area contributed by atoms with E-state index >= 15 is 0 Å². The van der Waals surface area contributed by atoms with Crippen LogP contribution in [0.5, 0.6) is 0 Å². The molecule has 1 atom stereocenters. The van der Waals surface area contributed by atoms with Crippen molar-refractivity contribution in [1.29, 1.82) is 0 Å². The molecule has 0 aliphatic rings. The lowest BCUT2D eigenvalue weighted by Crippen LogP contribution is -2.31. The summed E-state index contributed by atoms with van der Waals surface area (Å²) in [5.74, 6) is -0.509. The topological polar surface area (TPSA) is 18.5 Å². The SMILES string of the molecule is C=CC(CCCCC)OC(C)(C)OC. The first-order chi connectivity index (χ1) is 6.55. The summed E-state index contributed by atoms with van der Waals surface area (Å²) in [5.41, 5.74) is 0. The third-order valence-corrected chi connectivity index (χ3v) is 2.28. The maximum atomic E-state index is 5.74. The van der Waals surface area contributed by atoms with Crippen molar-refractivity contribution in [2.45, 2.75) is 58.3 Å². The van der Waals surface area contributed by atoms with Gasteiger partial charge in [-0.2, -0.15) is 0 Å². The van der Waals surface area contributed by atoms with Gasteiger partial charge in [-0.25, -0.2) is 0 Å². The van der Waals surface area contributed by atoms with E-state index in [-0.39, 0.29) is 6.10 Å². The molecule has 0 aliphatic carbocycles. The molecule has 0 aromatic carbocycles. The van der Waals surface area contributed by atoms with Crippen molar-refractivity contribution in [3.05, 3.63) is 12.7 Å². The Morgan fingerprint density at radius 3 is 2.43 bits per heavy atom. The number of unbranched alkanes of at least 4 members (excludes halogenated alkanes) is 2. The van der Waals surface area contributed by atoms with Crippen molar-refractivity contribution in [1.82, 2.24) is 0 Å². The molecule has 0 fully saturated rings. The Balaban J connectivity index is 3.84. The van der Waals surface area contributed by atoms with Crippen molar-refractivity contribution in [3.63, 3.8) is 0 Å². The molecule has 0 spiro atoms. The van der Waals surface area contributed by atoms with Crippen LogP contribution >= 0.6 is 0 Å². The van der Waals surface area contributed by atoms with Crippen molar-refractivity contribution in [3.8, 4) is 0 Å². The van der Waals surface area contributed by atoms with Gasteiger partial charge in [0.15, 0.2) is 5.79 Å². The lowest BCUT2D eigenvalue weighted by Gasteiger charge is -2.28. The van der Waals surface area contributed by atoms with E-state index in [4.69, 9.17) is 9.47 Å². The van der Waals surface area contributed by atoms with E-state index in [2.05, 4.69) is 13.5 Å². The standard InChI is InChI=1S/C12H24O2/c1-6-8-9-10-11(7-2)14-12(3,4)13-5/h7,11H,2,6,8-10H2,1,3-5H3. The fourth-order valence-corrected chi connectivity index (χ4v) is 1.23. The second-order valence-corrected chi connectivity index (χ2v) is 3.99. The molecule has 1 unspecified atom stereocenters. The Hall–Kier alpha value is -0.340. The van der Waals surface area contributed by atoms with Crippen LogP contribution in [0.4, 0.5) is 0 Å². The summed E-state index contributed by atoms with van der Waals surface area (Å²) in [4.78, 5) is 0. The first-order valence-corrected chi connectivity index (χ1v) is 5.41. The van der Waals surface area contributed by atoms with Crippen LogP contribution in [-0.2, 0) is 9.47 Å². The van der Waals surface area contributed by atoms with Crippen LogP contribution < -0.4 is 0 Å². The summed E-state index contributed by atoms with van der Waals surface area (Å²) in [7, 11) is 1.66. The van der Waals surface area contributed by atoms with E-state index in [0.29, 0.717) is 0 Å². The quantitative estimate of drug-likeness (QED) is 0.339. The van der Waals surface area contributed by atoms with Crippen LogP contribution in [0, 0.1) is 0 Å². The first-order valence-electron chi connectivity index (χ1n) is 5.41. The van der Waals surface area contributed by atoms with Gasteiger partial charge in [0.05, 0.1) is 6.10 Å². The van der Waals surface area contributed by atoms with Crippen molar-refractivity contribution < 1.29 is 9.47 Å². The molecule has 0 rings (SSSR count). The molecule has 2 nitrogen and oxygen atoms in total. The van der Waals surface area contributed by atoms with E-state index in [1.54, 1.807) is 7.11 Å². The largest absolute Gasteiger partial charge is 0.354 e. The molecular formula is C12H24O2. The van der Waals surface area contributed by atoms with E-state index in [1.165, 1.54) is 19.3 Å². The number of hydrogen-bond donors (Lipinski definition) is 0. The van der Waals surface area contributed by atoms with E-state index in [9.17, 15) is 0 Å². The smallest absolute Gasteiger partial charge is 0.163 e. The number of hydrogen-bond acceptors (Lipinski definition) is 2. The third-order valence-electron chi connectivity index (χ3n) is 2.28. The molecule has 0 aromatic rings. The highest BCUT2D eigenvalue weighted by Gasteiger charge is 2.20. The summed E-state index contributed by atoms with van der Waals surface area (Å²) >= 11 is 0. The predicted molar refractivity (Wildman–Crippen MR) is 60.3 cm³/mol. The lowest BCUT2D eigenvalue weighted by atomic mass is 10.1. The molecule has 0 radical (unpaired) electrons. The Morgan fingerprint density at radius 1 is 1.36 bits per heavy atom. The highest BCUT2D eigenvalue weighted by Crippen LogP contribution is 2.17. The average molecular weight is 200 g/mol. The van der Waals surface area contributed by atoms with Gasteiger partial charge in [0.1, 0.15) is 0 Å². The maximum absolute atomic E-state index is 5.74. The highest BCUT2D eigenvalue weighted by molar-refractivity contribution is 4.81. The lowest BCUT2D eigenvalue weighted by molar-refractivity contribution is -0.214. The van der Waals surface area contributed by atoms with Gasteiger partial charge >= 0.3 is 0 Å². The van der Waals surface area contributed by atoms with Gasteiger partial charge in [-0.1, -0.05) is 32.3 Å². The molecule has 0 aromatic heterocycles. The van der Waals surface area contributed by atoms with E-state index in [1.807, 2.05) is 19.9 Å². The normalized spacial score (nSPS) is 14.0. The van der Waals surface area contributed by atoms with Crippen molar-refractivity contribution in [2.24, 2.45) is 0 Å². The second-order valence-electron chi connectivity index (χ2n) is 3.99. The first kappa shape index (κ1) is 13.7. The maximum Gasteiger partial charge on any atom is 0.163 e. The molecule has 14 heavy (non-hydrogen) atoms. The molecular weight excluding hydrogens is 176 g/mol. The zero-order valence-corrected chi connectivity index (χ0v) is 10.0. The molecule has 0 heterocycles. The van der Waals surface area contributed by atoms with Crippen LogP contribution in [-0.4, -0.2) is 19.0 Å². The van der Waals surface area contributed by atoms with E-state index in [0.717, 1.165) is 6.42 Å². The third kappa shape index (κ3) is 6.17. The Kier molecular flexibility index (Phi) is 6.85. The monoisotopic (exact) mass is 200 g/mol. The molecule has 0 amide bonds. The van der Waals surface area contributed by atoms with Gasteiger partial charge in [-0.05, 0) is 20.3 Å². The molecule has 0 aliphatic heterocycles. The van der Waals surface area contributed by atoms with Crippen LogP contribution in [0.3, 0.4) is 0 Å². The van der Waals surface area contributed by atoms with Gasteiger partial charge in [0.2, 0.25) is 0 Å².